The molecule has 28 heavy (non-hydrogen) atoms. The van der Waals surface area contributed by atoms with Crippen molar-refractivity contribution in [3.8, 4) is 5.75 Å². The van der Waals surface area contributed by atoms with E-state index in [0.717, 1.165) is 36.4 Å². The molecule has 0 saturated heterocycles. The van der Waals surface area contributed by atoms with Gasteiger partial charge in [0, 0.05) is 30.5 Å². The molecule has 1 aliphatic heterocycles. The number of methoxy groups -OCH3 is 1. The number of aromatic nitrogens is 1. The first kappa shape index (κ1) is 18.0. The van der Waals surface area contributed by atoms with Gasteiger partial charge < -0.3 is 15.0 Å². The highest BCUT2D eigenvalue weighted by Gasteiger charge is 2.25. The Hall–Kier alpha value is -3.34. The van der Waals surface area contributed by atoms with Gasteiger partial charge >= 0.3 is 0 Å². The monoisotopic (exact) mass is 373 g/mol. The molecule has 4 rings (SSSR count). The number of hydrogen-bond acceptors (Lipinski definition) is 4. The molecule has 0 bridgehead atoms. The summed E-state index contributed by atoms with van der Waals surface area (Å²) in [6.07, 6.45) is 3.39. The van der Waals surface area contributed by atoms with E-state index >= 15 is 0 Å². The van der Waals surface area contributed by atoms with Crippen LogP contribution in [0.5, 0.6) is 5.75 Å². The average molecular weight is 373 g/mol. The zero-order chi connectivity index (χ0) is 19.3. The third-order valence-corrected chi connectivity index (χ3v) is 5.03. The van der Waals surface area contributed by atoms with Crippen molar-refractivity contribution in [1.29, 1.82) is 0 Å². The molecule has 3 aromatic rings. The van der Waals surface area contributed by atoms with Crippen LogP contribution in [0.1, 0.15) is 21.5 Å². The number of nitrogens with one attached hydrogen (secondary N) is 1. The lowest BCUT2D eigenvalue weighted by Gasteiger charge is -2.17. The molecule has 2 heterocycles. The van der Waals surface area contributed by atoms with Crippen LogP contribution in [0.15, 0.2) is 66.9 Å². The second-order valence-corrected chi connectivity index (χ2v) is 6.75. The number of benzene rings is 2. The van der Waals surface area contributed by atoms with Crippen LogP contribution in [0, 0.1) is 0 Å². The molecule has 2 aromatic carbocycles. The highest BCUT2D eigenvalue weighted by Crippen LogP contribution is 2.29. The molecule has 0 radical (unpaired) electrons. The van der Waals surface area contributed by atoms with Gasteiger partial charge in [-0.1, -0.05) is 36.4 Å². The van der Waals surface area contributed by atoms with E-state index in [-0.39, 0.29) is 5.91 Å². The van der Waals surface area contributed by atoms with Crippen molar-refractivity contribution in [3.63, 3.8) is 0 Å². The minimum atomic E-state index is 0.0140. The van der Waals surface area contributed by atoms with E-state index < -0.39 is 0 Å². The molecular formula is C23H23N3O2. The molecule has 1 amide bonds. The number of para-hydroxylation sites is 2. The Morgan fingerprint density at radius 2 is 1.96 bits per heavy atom. The largest absolute Gasteiger partial charge is 0.496 e. The number of hydrogen-bond donors (Lipinski definition) is 1. The Balaban J connectivity index is 1.43. The fourth-order valence-electron chi connectivity index (χ4n) is 3.60. The van der Waals surface area contributed by atoms with Crippen LogP contribution in [0.2, 0.25) is 0 Å². The van der Waals surface area contributed by atoms with Gasteiger partial charge in [-0.05, 0) is 48.2 Å². The van der Waals surface area contributed by atoms with Crippen molar-refractivity contribution in [3.05, 3.63) is 83.6 Å². The fourth-order valence-corrected chi connectivity index (χ4v) is 3.60. The van der Waals surface area contributed by atoms with Crippen LogP contribution in [0.3, 0.4) is 0 Å². The number of ether oxygens (including phenoxy) is 1. The van der Waals surface area contributed by atoms with E-state index in [0.29, 0.717) is 17.9 Å². The predicted octanol–water partition coefficient (Wildman–Crippen LogP) is 3.95. The smallest absolute Gasteiger partial charge is 0.258 e. The number of carbonyl (C=O) groups excluding carboxylic acids is 1. The average Bonchev–Trinajstić information content (AvgIpc) is 3.18. The third kappa shape index (κ3) is 3.69. The highest BCUT2D eigenvalue weighted by atomic mass is 16.5. The number of rotatable bonds is 6. The molecule has 1 aliphatic rings. The summed E-state index contributed by atoms with van der Waals surface area (Å²) in [5.74, 6) is 1.60. The molecule has 5 heteroatoms. The van der Waals surface area contributed by atoms with Crippen molar-refractivity contribution >= 4 is 17.4 Å². The second kappa shape index (κ2) is 8.13. The van der Waals surface area contributed by atoms with E-state index in [9.17, 15) is 4.79 Å². The Morgan fingerprint density at radius 3 is 2.86 bits per heavy atom. The first-order valence-corrected chi connectivity index (χ1v) is 9.48. The molecule has 0 saturated carbocycles. The summed E-state index contributed by atoms with van der Waals surface area (Å²) in [6.45, 7) is 1.43. The van der Waals surface area contributed by atoms with Gasteiger partial charge in [0.25, 0.3) is 5.91 Å². The second-order valence-electron chi connectivity index (χ2n) is 6.75. The SMILES string of the molecule is COc1ccccc1CCNc1cc(C(=O)N2CCc3ccccc32)ccn1. The van der Waals surface area contributed by atoms with Gasteiger partial charge in [0.05, 0.1) is 7.11 Å². The summed E-state index contributed by atoms with van der Waals surface area (Å²) < 4.78 is 5.39. The van der Waals surface area contributed by atoms with Crippen LogP contribution < -0.4 is 15.0 Å². The lowest BCUT2D eigenvalue weighted by molar-refractivity contribution is 0.0989. The molecule has 0 fully saturated rings. The maximum Gasteiger partial charge on any atom is 0.258 e. The molecule has 0 atom stereocenters. The molecule has 142 valence electrons. The number of nitrogens with zero attached hydrogens (tertiary/aromatic N) is 2. The number of fused-ring (bicyclic) bond motifs is 1. The molecule has 5 nitrogen and oxygen atoms in total. The van der Waals surface area contributed by atoms with Gasteiger partial charge in [-0.2, -0.15) is 0 Å². The molecule has 1 aromatic heterocycles. The highest BCUT2D eigenvalue weighted by molar-refractivity contribution is 6.07. The Labute approximate surface area is 165 Å². The van der Waals surface area contributed by atoms with E-state index in [1.807, 2.05) is 47.4 Å². The predicted molar refractivity (Wildman–Crippen MR) is 111 cm³/mol. The topological polar surface area (TPSA) is 54.5 Å². The maximum absolute atomic E-state index is 13.0. The summed E-state index contributed by atoms with van der Waals surface area (Å²) in [5, 5.41) is 3.31. The van der Waals surface area contributed by atoms with Gasteiger partial charge in [0.15, 0.2) is 0 Å². The number of anilines is 2. The lowest BCUT2D eigenvalue weighted by Crippen LogP contribution is -2.29. The van der Waals surface area contributed by atoms with Crippen LogP contribution >= 0.6 is 0 Å². The fraction of sp³-hybridized carbons (Fsp3) is 0.217. The summed E-state index contributed by atoms with van der Waals surface area (Å²) in [4.78, 5) is 19.2. The summed E-state index contributed by atoms with van der Waals surface area (Å²) in [7, 11) is 1.68. The Kier molecular flexibility index (Phi) is 5.24. The van der Waals surface area contributed by atoms with E-state index in [2.05, 4.69) is 22.4 Å². The van der Waals surface area contributed by atoms with Crippen molar-refractivity contribution < 1.29 is 9.53 Å². The zero-order valence-corrected chi connectivity index (χ0v) is 15.9. The van der Waals surface area contributed by atoms with Crippen molar-refractivity contribution in [2.24, 2.45) is 0 Å². The molecule has 0 unspecified atom stereocenters. The number of pyridine rings is 1. The van der Waals surface area contributed by atoms with Gasteiger partial charge in [0.2, 0.25) is 0 Å². The van der Waals surface area contributed by atoms with Gasteiger partial charge in [-0.15, -0.1) is 0 Å². The van der Waals surface area contributed by atoms with Crippen LogP contribution in [-0.2, 0) is 12.8 Å². The van der Waals surface area contributed by atoms with Crippen molar-refractivity contribution in [1.82, 2.24) is 4.98 Å². The Morgan fingerprint density at radius 1 is 1.14 bits per heavy atom. The number of amides is 1. The van der Waals surface area contributed by atoms with E-state index in [1.165, 1.54) is 5.56 Å². The number of carbonyl (C=O) groups is 1. The van der Waals surface area contributed by atoms with Crippen LogP contribution in [0.25, 0.3) is 0 Å². The summed E-state index contributed by atoms with van der Waals surface area (Å²) in [6, 6.07) is 19.7. The lowest BCUT2D eigenvalue weighted by atomic mass is 10.1. The zero-order valence-electron chi connectivity index (χ0n) is 15.9. The van der Waals surface area contributed by atoms with E-state index in [1.54, 1.807) is 19.4 Å². The maximum atomic E-state index is 13.0. The van der Waals surface area contributed by atoms with Gasteiger partial charge in [-0.3, -0.25) is 4.79 Å². The quantitative estimate of drug-likeness (QED) is 0.711. The molecule has 0 spiro atoms. The van der Waals surface area contributed by atoms with Crippen LogP contribution in [0.4, 0.5) is 11.5 Å². The summed E-state index contributed by atoms with van der Waals surface area (Å²) >= 11 is 0. The van der Waals surface area contributed by atoms with E-state index in [4.69, 9.17) is 4.74 Å². The van der Waals surface area contributed by atoms with Crippen molar-refractivity contribution in [2.45, 2.75) is 12.8 Å². The third-order valence-electron chi connectivity index (χ3n) is 5.03. The molecular weight excluding hydrogens is 350 g/mol. The van der Waals surface area contributed by atoms with Crippen molar-refractivity contribution in [2.75, 3.05) is 30.4 Å². The van der Waals surface area contributed by atoms with Crippen LogP contribution in [-0.4, -0.2) is 31.1 Å². The standard InChI is InChI=1S/C23H23N3O2/c1-28-21-9-5-3-7-18(21)10-13-24-22-16-19(11-14-25-22)23(27)26-15-12-17-6-2-4-8-20(17)26/h2-9,11,14,16H,10,12-13,15H2,1H3,(H,24,25). The van der Waals surface area contributed by atoms with Gasteiger partial charge in [0.1, 0.15) is 11.6 Å². The van der Waals surface area contributed by atoms with Gasteiger partial charge in [-0.25, -0.2) is 4.98 Å². The Bertz CT molecular complexity index is 987. The molecule has 1 N–H and O–H groups in total. The minimum Gasteiger partial charge on any atom is -0.496 e. The first-order chi connectivity index (χ1) is 13.8. The minimum absolute atomic E-state index is 0.0140. The normalized spacial score (nSPS) is 12.5. The first-order valence-electron chi connectivity index (χ1n) is 9.48. The summed E-state index contributed by atoms with van der Waals surface area (Å²) in [5.41, 5.74) is 4.01. The molecule has 0 aliphatic carbocycles.